The van der Waals surface area contributed by atoms with Crippen molar-refractivity contribution >= 4 is 5.91 Å². The molecule has 0 saturated carbocycles. The minimum Gasteiger partial charge on any atom is -0.328 e. The normalized spacial score (nSPS) is 9.69. The van der Waals surface area contributed by atoms with Crippen molar-refractivity contribution in [1.82, 2.24) is 4.90 Å². The Morgan fingerprint density at radius 3 is 2.25 bits per heavy atom. The monoisotopic (exact) mass is 216 g/mol. The van der Waals surface area contributed by atoms with Gasteiger partial charge < -0.3 is 4.90 Å². The average Bonchev–Trinajstić information content (AvgIpc) is 2.16. The Hall–Kier alpha value is -1.82. The van der Waals surface area contributed by atoms with Gasteiger partial charge in [0.2, 0.25) is 0 Å². The van der Waals surface area contributed by atoms with E-state index in [1.807, 2.05) is 39.0 Å². The minimum atomic E-state index is -0.0865. The van der Waals surface area contributed by atoms with Crippen LogP contribution in [0, 0.1) is 32.1 Å². The zero-order valence-corrected chi connectivity index (χ0v) is 10.2. The summed E-state index contributed by atoms with van der Waals surface area (Å²) in [6.07, 6.45) is 0. The molecular weight excluding hydrogens is 200 g/mol. The summed E-state index contributed by atoms with van der Waals surface area (Å²) in [5.74, 6) is -0.0865. The van der Waals surface area contributed by atoms with E-state index in [1.54, 1.807) is 7.05 Å². The van der Waals surface area contributed by atoms with Crippen LogP contribution in [0.5, 0.6) is 0 Å². The SMILES string of the molecule is Cc1cc(C)c(C(=O)N(C)CC#N)c(C)c1. The van der Waals surface area contributed by atoms with Crippen LogP contribution in [0.4, 0.5) is 0 Å². The number of rotatable bonds is 2. The van der Waals surface area contributed by atoms with Gasteiger partial charge in [-0.25, -0.2) is 0 Å². The average molecular weight is 216 g/mol. The van der Waals surface area contributed by atoms with Crippen LogP contribution in [-0.2, 0) is 0 Å². The second kappa shape index (κ2) is 4.80. The van der Waals surface area contributed by atoms with Gasteiger partial charge in [-0.2, -0.15) is 5.26 Å². The van der Waals surface area contributed by atoms with Gasteiger partial charge in [0.15, 0.2) is 0 Å². The van der Waals surface area contributed by atoms with Crippen LogP contribution in [0.2, 0.25) is 0 Å². The van der Waals surface area contributed by atoms with E-state index < -0.39 is 0 Å². The lowest BCUT2D eigenvalue weighted by molar-refractivity contribution is 0.0810. The van der Waals surface area contributed by atoms with E-state index in [0.717, 1.165) is 16.7 Å². The van der Waals surface area contributed by atoms with Crippen molar-refractivity contribution in [3.8, 4) is 6.07 Å². The van der Waals surface area contributed by atoms with Gasteiger partial charge in [-0.3, -0.25) is 4.79 Å². The van der Waals surface area contributed by atoms with Crippen LogP contribution < -0.4 is 0 Å². The van der Waals surface area contributed by atoms with Crippen molar-refractivity contribution in [3.05, 3.63) is 34.4 Å². The predicted octanol–water partition coefficient (Wildman–Crippen LogP) is 2.21. The first-order valence-corrected chi connectivity index (χ1v) is 5.17. The number of hydrogen-bond acceptors (Lipinski definition) is 2. The summed E-state index contributed by atoms with van der Waals surface area (Å²) in [6, 6.07) is 5.95. The lowest BCUT2D eigenvalue weighted by Gasteiger charge is -2.17. The number of carbonyl (C=O) groups excluding carboxylic acids is 1. The molecule has 0 radical (unpaired) electrons. The van der Waals surface area contributed by atoms with Crippen LogP contribution >= 0.6 is 0 Å². The molecule has 0 heterocycles. The highest BCUT2D eigenvalue weighted by atomic mass is 16.2. The third kappa shape index (κ3) is 2.40. The van der Waals surface area contributed by atoms with E-state index >= 15 is 0 Å². The quantitative estimate of drug-likeness (QED) is 0.711. The first-order valence-electron chi connectivity index (χ1n) is 5.17. The van der Waals surface area contributed by atoms with Gasteiger partial charge in [-0.05, 0) is 31.9 Å². The number of benzene rings is 1. The van der Waals surface area contributed by atoms with Gasteiger partial charge >= 0.3 is 0 Å². The number of hydrogen-bond donors (Lipinski definition) is 0. The van der Waals surface area contributed by atoms with Crippen molar-refractivity contribution in [1.29, 1.82) is 5.26 Å². The van der Waals surface area contributed by atoms with Crippen molar-refractivity contribution in [3.63, 3.8) is 0 Å². The highest BCUT2D eigenvalue weighted by Gasteiger charge is 2.16. The summed E-state index contributed by atoms with van der Waals surface area (Å²) < 4.78 is 0. The fourth-order valence-electron chi connectivity index (χ4n) is 1.89. The molecule has 0 aliphatic carbocycles. The Morgan fingerprint density at radius 1 is 1.31 bits per heavy atom. The van der Waals surface area contributed by atoms with Gasteiger partial charge in [-0.15, -0.1) is 0 Å². The molecule has 0 unspecified atom stereocenters. The van der Waals surface area contributed by atoms with Gasteiger partial charge in [0.05, 0.1) is 6.07 Å². The Balaban J connectivity index is 3.15. The van der Waals surface area contributed by atoms with E-state index in [-0.39, 0.29) is 12.5 Å². The summed E-state index contributed by atoms with van der Waals surface area (Å²) >= 11 is 0. The number of nitriles is 1. The molecule has 0 aromatic heterocycles. The number of nitrogens with zero attached hydrogens (tertiary/aromatic N) is 2. The lowest BCUT2D eigenvalue weighted by atomic mass is 9.99. The van der Waals surface area contributed by atoms with Gasteiger partial charge in [0.25, 0.3) is 5.91 Å². The Bertz CT molecular complexity index is 434. The summed E-state index contributed by atoms with van der Waals surface area (Å²) in [7, 11) is 1.64. The topological polar surface area (TPSA) is 44.1 Å². The summed E-state index contributed by atoms with van der Waals surface area (Å²) in [5, 5.41) is 8.57. The van der Waals surface area contributed by atoms with E-state index in [4.69, 9.17) is 5.26 Å². The first-order chi connectivity index (χ1) is 7.47. The Morgan fingerprint density at radius 2 is 1.81 bits per heavy atom. The van der Waals surface area contributed by atoms with Crippen LogP contribution in [0.15, 0.2) is 12.1 Å². The Labute approximate surface area is 96.3 Å². The molecule has 1 rings (SSSR count). The maximum absolute atomic E-state index is 12.1. The first kappa shape index (κ1) is 12.3. The van der Waals surface area contributed by atoms with Crippen molar-refractivity contribution in [2.45, 2.75) is 20.8 Å². The molecule has 1 aromatic rings. The van der Waals surface area contributed by atoms with Gasteiger partial charge in [-0.1, -0.05) is 17.7 Å². The summed E-state index contributed by atoms with van der Waals surface area (Å²) in [5.41, 5.74) is 3.79. The molecule has 0 bridgehead atoms. The van der Waals surface area contributed by atoms with E-state index in [9.17, 15) is 4.79 Å². The molecule has 0 aliphatic rings. The molecule has 0 atom stereocenters. The van der Waals surface area contributed by atoms with Crippen molar-refractivity contribution in [2.24, 2.45) is 0 Å². The van der Waals surface area contributed by atoms with Crippen LogP contribution in [0.3, 0.4) is 0 Å². The maximum Gasteiger partial charge on any atom is 0.254 e. The number of carbonyl (C=O) groups is 1. The molecule has 0 spiro atoms. The van der Waals surface area contributed by atoms with E-state index in [1.165, 1.54) is 4.90 Å². The second-order valence-electron chi connectivity index (χ2n) is 4.09. The zero-order valence-electron chi connectivity index (χ0n) is 10.2. The molecule has 0 aliphatic heterocycles. The van der Waals surface area contributed by atoms with Crippen LogP contribution in [-0.4, -0.2) is 24.4 Å². The maximum atomic E-state index is 12.1. The molecule has 0 saturated heterocycles. The van der Waals surface area contributed by atoms with Crippen molar-refractivity contribution < 1.29 is 4.79 Å². The van der Waals surface area contributed by atoms with E-state index in [0.29, 0.717) is 5.56 Å². The highest BCUT2D eigenvalue weighted by Crippen LogP contribution is 2.17. The number of amides is 1. The largest absolute Gasteiger partial charge is 0.328 e. The van der Waals surface area contributed by atoms with Gasteiger partial charge in [0, 0.05) is 12.6 Å². The minimum absolute atomic E-state index is 0.0865. The predicted molar refractivity (Wildman–Crippen MR) is 63.2 cm³/mol. The zero-order chi connectivity index (χ0) is 12.3. The van der Waals surface area contributed by atoms with Crippen molar-refractivity contribution in [2.75, 3.05) is 13.6 Å². The van der Waals surface area contributed by atoms with Crippen LogP contribution in [0.1, 0.15) is 27.0 Å². The lowest BCUT2D eigenvalue weighted by Crippen LogP contribution is -2.28. The highest BCUT2D eigenvalue weighted by molar-refractivity contribution is 5.97. The summed E-state index contributed by atoms with van der Waals surface area (Å²) in [4.78, 5) is 13.5. The van der Waals surface area contributed by atoms with Crippen LogP contribution in [0.25, 0.3) is 0 Å². The molecule has 16 heavy (non-hydrogen) atoms. The number of aryl methyl sites for hydroxylation is 3. The molecular formula is C13H16N2O. The third-order valence-corrected chi connectivity index (χ3v) is 2.55. The fourth-order valence-corrected chi connectivity index (χ4v) is 1.89. The molecule has 84 valence electrons. The smallest absolute Gasteiger partial charge is 0.254 e. The molecule has 3 heteroatoms. The van der Waals surface area contributed by atoms with E-state index in [2.05, 4.69) is 0 Å². The van der Waals surface area contributed by atoms with Gasteiger partial charge in [0.1, 0.15) is 6.54 Å². The fraction of sp³-hybridized carbons (Fsp3) is 0.385. The summed E-state index contributed by atoms with van der Waals surface area (Å²) in [6.45, 7) is 5.97. The molecule has 0 fully saturated rings. The molecule has 3 nitrogen and oxygen atoms in total. The molecule has 1 amide bonds. The standard InChI is InChI=1S/C13H16N2O/c1-9-7-10(2)12(11(3)8-9)13(16)15(4)6-5-14/h7-8H,6H2,1-4H3. The molecule has 0 N–H and O–H groups in total. The third-order valence-electron chi connectivity index (χ3n) is 2.55. The Kier molecular flexibility index (Phi) is 3.68. The molecule has 1 aromatic carbocycles. The second-order valence-corrected chi connectivity index (χ2v) is 4.09.